The molecule has 1 aromatic carbocycles. The minimum Gasteiger partial charge on any atom is -0.389 e. The van der Waals surface area contributed by atoms with E-state index in [1.54, 1.807) is 26.0 Å². The lowest BCUT2D eigenvalue weighted by Gasteiger charge is -2.22. The second-order valence-electron chi connectivity index (χ2n) is 8.13. The van der Waals surface area contributed by atoms with Crippen LogP contribution in [-0.4, -0.2) is 34.7 Å². The van der Waals surface area contributed by atoms with Crippen molar-refractivity contribution in [2.24, 2.45) is 0 Å². The first-order chi connectivity index (χ1) is 12.5. The Hall–Kier alpha value is -2.18. The number of amides is 1. The van der Waals surface area contributed by atoms with Gasteiger partial charge in [-0.3, -0.25) is 4.79 Å². The normalized spacial score (nSPS) is 15.6. The number of nitrogens with one attached hydrogen (secondary N) is 1. The molecule has 0 saturated carbocycles. The van der Waals surface area contributed by atoms with E-state index in [2.05, 4.69) is 10.3 Å². The first-order valence-corrected chi connectivity index (χ1v) is 9.10. The van der Waals surface area contributed by atoms with E-state index in [-0.39, 0.29) is 28.6 Å². The summed E-state index contributed by atoms with van der Waals surface area (Å²) >= 11 is 5.79. The number of aliphatic hydroxyl groups is 1. The number of benzene rings is 1. The second kappa shape index (κ2) is 6.77. The number of pyridine rings is 1. The van der Waals surface area contributed by atoms with Crippen LogP contribution in [0.4, 0.5) is 15.8 Å². The number of hydrogen-bond donors (Lipinski definition) is 2. The number of carbonyl (C=O) groups is 1. The van der Waals surface area contributed by atoms with E-state index in [4.69, 9.17) is 11.6 Å². The molecule has 1 aromatic heterocycles. The highest BCUT2D eigenvalue weighted by atomic mass is 35.5. The Morgan fingerprint density at radius 1 is 1.37 bits per heavy atom. The highest BCUT2D eigenvalue weighted by molar-refractivity contribution is 6.30. The van der Waals surface area contributed by atoms with Gasteiger partial charge in [0, 0.05) is 24.2 Å². The topological polar surface area (TPSA) is 65.5 Å². The van der Waals surface area contributed by atoms with Crippen LogP contribution in [0.25, 0.3) is 0 Å². The van der Waals surface area contributed by atoms with Gasteiger partial charge in [-0.15, -0.1) is 0 Å². The molecule has 27 heavy (non-hydrogen) atoms. The first-order valence-electron chi connectivity index (χ1n) is 8.73. The number of aromatic nitrogens is 1. The Kier molecular flexibility index (Phi) is 4.91. The van der Waals surface area contributed by atoms with Gasteiger partial charge in [-0.2, -0.15) is 0 Å². The molecule has 0 radical (unpaired) electrons. The Balaban J connectivity index is 1.93. The molecule has 0 fully saturated rings. The summed E-state index contributed by atoms with van der Waals surface area (Å²) in [6.07, 6.45) is 0. The number of rotatable bonds is 4. The number of fused-ring (bicyclic) bond motifs is 1. The molecule has 2 aromatic rings. The lowest BCUT2D eigenvalue weighted by Crippen LogP contribution is -2.38. The molecule has 1 amide bonds. The Labute approximate surface area is 163 Å². The van der Waals surface area contributed by atoms with Crippen molar-refractivity contribution < 1.29 is 14.3 Å². The SMILES string of the molecule is CC(C)(O)CNC(=O)c1ccc2c(n1)C(C)(C)CN2c1ccc(Cl)c(F)c1. The van der Waals surface area contributed by atoms with Crippen LogP contribution in [0.3, 0.4) is 0 Å². The lowest BCUT2D eigenvalue weighted by molar-refractivity contribution is 0.0691. The minimum absolute atomic E-state index is 0.0781. The van der Waals surface area contributed by atoms with E-state index < -0.39 is 11.4 Å². The monoisotopic (exact) mass is 391 g/mol. The largest absolute Gasteiger partial charge is 0.389 e. The zero-order valence-electron chi connectivity index (χ0n) is 15.8. The van der Waals surface area contributed by atoms with Gasteiger partial charge in [0.2, 0.25) is 0 Å². The summed E-state index contributed by atoms with van der Waals surface area (Å²) in [7, 11) is 0. The van der Waals surface area contributed by atoms with Crippen molar-refractivity contribution >= 4 is 28.9 Å². The van der Waals surface area contributed by atoms with Crippen molar-refractivity contribution in [2.75, 3.05) is 18.0 Å². The number of halogens is 2. The zero-order valence-corrected chi connectivity index (χ0v) is 16.6. The summed E-state index contributed by atoms with van der Waals surface area (Å²) in [6.45, 7) is 8.04. The molecule has 3 rings (SSSR count). The Morgan fingerprint density at radius 2 is 2.07 bits per heavy atom. The fraction of sp³-hybridized carbons (Fsp3) is 0.400. The van der Waals surface area contributed by atoms with Crippen LogP contribution in [0.2, 0.25) is 5.02 Å². The van der Waals surface area contributed by atoms with Crippen molar-refractivity contribution in [3.05, 3.63) is 52.6 Å². The second-order valence-corrected chi connectivity index (χ2v) is 8.53. The van der Waals surface area contributed by atoms with Crippen molar-refractivity contribution in [1.29, 1.82) is 0 Å². The number of anilines is 2. The predicted molar refractivity (Wildman–Crippen MR) is 104 cm³/mol. The molecule has 7 heteroatoms. The summed E-state index contributed by atoms with van der Waals surface area (Å²) in [4.78, 5) is 18.9. The van der Waals surface area contributed by atoms with Crippen LogP contribution >= 0.6 is 11.6 Å². The van der Waals surface area contributed by atoms with Gasteiger partial charge < -0.3 is 15.3 Å². The van der Waals surface area contributed by atoms with Crippen LogP contribution in [-0.2, 0) is 5.41 Å². The molecular formula is C20H23ClFN3O2. The summed E-state index contributed by atoms with van der Waals surface area (Å²) in [6, 6.07) is 8.16. The van der Waals surface area contributed by atoms with Crippen LogP contribution in [0.15, 0.2) is 30.3 Å². The van der Waals surface area contributed by atoms with E-state index in [9.17, 15) is 14.3 Å². The van der Waals surface area contributed by atoms with Crippen LogP contribution in [0.1, 0.15) is 43.9 Å². The third-order valence-electron chi connectivity index (χ3n) is 4.49. The van der Waals surface area contributed by atoms with Crippen LogP contribution < -0.4 is 10.2 Å². The summed E-state index contributed by atoms with van der Waals surface area (Å²) < 4.78 is 13.9. The maximum atomic E-state index is 13.9. The molecule has 0 aliphatic carbocycles. The smallest absolute Gasteiger partial charge is 0.269 e. The minimum atomic E-state index is -0.999. The van der Waals surface area contributed by atoms with E-state index in [0.29, 0.717) is 12.2 Å². The maximum absolute atomic E-state index is 13.9. The molecule has 1 aliphatic rings. The molecule has 0 spiro atoms. The number of hydrogen-bond acceptors (Lipinski definition) is 4. The van der Waals surface area contributed by atoms with Crippen molar-refractivity contribution in [1.82, 2.24) is 10.3 Å². The lowest BCUT2D eigenvalue weighted by atomic mass is 9.91. The quantitative estimate of drug-likeness (QED) is 0.831. The summed E-state index contributed by atoms with van der Waals surface area (Å²) in [5, 5.41) is 12.5. The molecule has 0 unspecified atom stereocenters. The van der Waals surface area contributed by atoms with Gasteiger partial charge in [-0.05, 0) is 44.2 Å². The Morgan fingerprint density at radius 3 is 2.70 bits per heavy atom. The van der Waals surface area contributed by atoms with E-state index >= 15 is 0 Å². The van der Waals surface area contributed by atoms with Crippen molar-refractivity contribution in [3.8, 4) is 0 Å². The van der Waals surface area contributed by atoms with Gasteiger partial charge in [-0.1, -0.05) is 25.4 Å². The molecule has 0 atom stereocenters. The molecule has 144 valence electrons. The summed E-state index contributed by atoms with van der Waals surface area (Å²) in [5.41, 5.74) is 1.26. The van der Waals surface area contributed by atoms with Gasteiger partial charge in [0.05, 0.1) is 22.0 Å². The highest BCUT2D eigenvalue weighted by Gasteiger charge is 2.38. The zero-order chi connectivity index (χ0) is 20.0. The Bertz CT molecular complexity index is 893. The van der Waals surface area contributed by atoms with Crippen molar-refractivity contribution in [2.45, 2.75) is 38.7 Å². The van der Waals surface area contributed by atoms with Crippen LogP contribution in [0, 0.1) is 5.82 Å². The molecule has 2 N–H and O–H groups in total. The maximum Gasteiger partial charge on any atom is 0.269 e. The fourth-order valence-corrected chi connectivity index (χ4v) is 3.24. The average Bonchev–Trinajstić information content (AvgIpc) is 2.85. The van der Waals surface area contributed by atoms with Crippen LogP contribution in [0.5, 0.6) is 0 Å². The third-order valence-corrected chi connectivity index (χ3v) is 4.79. The number of nitrogens with zero attached hydrogens (tertiary/aromatic N) is 2. The van der Waals surface area contributed by atoms with E-state index in [0.717, 1.165) is 11.4 Å². The molecule has 0 saturated heterocycles. The standard InChI is InChI=1S/C20H23ClFN3O2/c1-19(2)11-25(12-5-6-13(21)14(22)9-12)16-8-7-15(24-17(16)19)18(26)23-10-20(3,4)27/h5-9,27H,10-11H2,1-4H3,(H,23,26). The van der Waals surface area contributed by atoms with E-state index in [1.165, 1.54) is 12.1 Å². The number of carbonyl (C=O) groups excluding carboxylic acids is 1. The van der Waals surface area contributed by atoms with Crippen molar-refractivity contribution in [3.63, 3.8) is 0 Å². The highest BCUT2D eigenvalue weighted by Crippen LogP contribution is 2.43. The fourth-order valence-electron chi connectivity index (χ4n) is 3.12. The predicted octanol–water partition coefficient (Wildman–Crippen LogP) is 3.80. The molecule has 5 nitrogen and oxygen atoms in total. The van der Waals surface area contributed by atoms with Gasteiger partial charge in [-0.25, -0.2) is 9.37 Å². The molecular weight excluding hydrogens is 369 g/mol. The van der Waals surface area contributed by atoms with E-state index in [1.807, 2.05) is 24.8 Å². The molecule has 1 aliphatic heterocycles. The molecule has 0 bridgehead atoms. The molecule has 2 heterocycles. The third kappa shape index (κ3) is 4.06. The summed E-state index contributed by atoms with van der Waals surface area (Å²) in [5.74, 6) is -0.817. The van der Waals surface area contributed by atoms with Gasteiger partial charge in [0.25, 0.3) is 5.91 Å². The average molecular weight is 392 g/mol. The van der Waals surface area contributed by atoms with Gasteiger partial charge >= 0.3 is 0 Å². The van der Waals surface area contributed by atoms with Gasteiger partial charge in [0.1, 0.15) is 11.5 Å². The van der Waals surface area contributed by atoms with Gasteiger partial charge in [0.15, 0.2) is 0 Å². The first kappa shape index (κ1) is 19.6.